The molecule has 2 bridgehead atoms. The van der Waals surface area contributed by atoms with Crippen LogP contribution < -0.4 is 5.73 Å². The van der Waals surface area contributed by atoms with Crippen LogP contribution in [0, 0.1) is 29.6 Å². The third-order valence-electron chi connectivity index (χ3n) is 6.93. The Morgan fingerprint density at radius 1 is 0.826 bits per heavy atom. The average Bonchev–Trinajstić information content (AvgIpc) is 2.53. The minimum Gasteiger partial charge on any atom is -0.330 e. The van der Waals surface area contributed by atoms with Crippen molar-refractivity contribution in [2.24, 2.45) is 35.3 Å². The summed E-state index contributed by atoms with van der Waals surface area (Å²) in [6, 6.07) is 0. The molecule has 5 aliphatic rings. The molecule has 2 N–H and O–H groups in total. The van der Waals surface area contributed by atoms with Crippen molar-refractivity contribution in [3.63, 3.8) is 0 Å². The van der Waals surface area contributed by atoms with E-state index in [-0.39, 0.29) is 11.8 Å². The third-order valence-corrected chi connectivity index (χ3v) is 6.93. The van der Waals surface area contributed by atoms with Crippen LogP contribution in [0.5, 0.6) is 0 Å². The van der Waals surface area contributed by atoms with Gasteiger partial charge < -0.3 is 5.73 Å². The summed E-state index contributed by atoms with van der Waals surface area (Å²) in [6.45, 7) is 5.16. The number of fused-ring (bicyclic) bond motifs is 2. The minimum atomic E-state index is -0.743. The lowest BCUT2D eigenvalue weighted by atomic mass is 9.62. The highest BCUT2D eigenvalue weighted by Crippen LogP contribution is 2.53. The fourth-order valence-corrected chi connectivity index (χ4v) is 5.23. The molecule has 0 aromatic rings. The molecule has 2 unspecified atom stereocenters. The van der Waals surface area contributed by atoms with E-state index >= 15 is 0 Å². The summed E-state index contributed by atoms with van der Waals surface area (Å²) in [5.41, 5.74) is 5.77. The highest BCUT2D eigenvalue weighted by molar-refractivity contribution is 4.94. The van der Waals surface area contributed by atoms with Crippen LogP contribution in [-0.2, 0) is 19.6 Å². The van der Waals surface area contributed by atoms with Crippen molar-refractivity contribution in [1.29, 1.82) is 0 Å². The molecule has 2 spiro atoms. The van der Waals surface area contributed by atoms with E-state index in [2.05, 4.69) is 13.8 Å². The molecule has 0 amide bonds. The van der Waals surface area contributed by atoms with Crippen molar-refractivity contribution in [1.82, 2.24) is 0 Å². The lowest BCUT2D eigenvalue weighted by Crippen LogP contribution is -2.59. The summed E-state index contributed by atoms with van der Waals surface area (Å²) in [4.78, 5) is 23.8. The Morgan fingerprint density at radius 3 is 1.83 bits per heavy atom. The summed E-state index contributed by atoms with van der Waals surface area (Å²) < 4.78 is 0. The van der Waals surface area contributed by atoms with Gasteiger partial charge in [-0.05, 0) is 62.8 Å². The second-order valence-electron chi connectivity index (χ2n) is 8.62. The molecule has 5 rings (SSSR count). The van der Waals surface area contributed by atoms with Gasteiger partial charge in [-0.2, -0.15) is 19.6 Å². The highest BCUT2D eigenvalue weighted by Gasteiger charge is 2.57. The van der Waals surface area contributed by atoms with Gasteiger partial charge in [-0.3, -0.25) is 0 Å². The Morgan fingerprint density at radius 2 is 1.35 bits per heavy atom. The molecular formula is C18H31NO4. The number of hydrogen-bond donors (Lipinski definition) is 1. The Balaban J connectivity index is 1.44. The van der Waals surface area contributed by atoms with Crippen LogP contribution in [0.3, 0.4) is 0 Å². The van der Waals surface area contributed by atoms with Crippen LogP contribution in [0.2, 0.25) is 0 Å². The molecule has 1 saturated heterocycles. The van der Waals surface area contributed by atoms with Crippen molar-refractivity contribution >= 4 is 0 Å². The van der Waals surface area contributed by atoms with Crippen LogP contribution in [0.15, 0.2) is 0 Å². The van der Waals surface area contributed by atoms with Crippen molar-refractivity contribution in [3.8, 4) is 0 Å². The zero-order chi connectivity index (χ0) is 16.1. The molecule has 2 atom stereocenters. The SMILES string of the molecule is CC1CC2CC(C2)CC(C)C12OOC1(CCC(CN)CC1)OO2. The van der Waals surface area contributed by atoms with Gasteiger partial charge in [0.15, 0.2) is 0 Å². The first-order valence-corrected chi connectivity index (χ1v) is 9.49. The zero-order valence-electron chi connectivity index (χ0n) is 14.5. The van der Waals surface area contributed by atoms with Crippen molar-refractivity contribution in [2.45, 2.75) is 76.8 Å². The van der Waals surface area contributed by atoms with Crippen LogP contribution >= 0.6 is 0 Å². The molecule has 4 aliphatic carbocycles. The van der Waals surface area contributed by atoms with Gasteiger partial charge in [0.1, 0.15) is 0 Å². The van der Waals surface area contributed by atoms with Crippen LogP contribution in [0.25, 0.3) is 0 Å². The quantitative estimate of drug-likeness (QED) is 0.747. The van der Waals surface area contributed by atoms with Gasteiger partial charge in [0.05, 0.1) is 0 Å². The average molecular weight is 325 g/mol. The molecular weight excluding hydrogens is 294 g/mol. The van der Waals surface area contributed by atoms with Gasteiger partial charge in [0, 0.05) is 24.7 Å². The van der Waals surface area contributed by atoms with Gasteiger partial charge in [-0.25, -0.2) is 0 Å². The smallest absolute Gasteiger partial charge is 0.239 e. The summed E-state index contributed by atoms with van der Waals surface area (Å²) in [5, 5.41) is 0. The van der Waals surface area contributed by atoms with Gasteiger partial charge in [-0.15, -0.1) is 0 Å². The first kappa shape index (κ1) is 16.3. The van der Waals surface area contributed by atoms with Crippen molar-refractivity contribution in [3.05, 3.63) is 0 Å². The number of rotatable bonds is 1. The van der Waals surface area contributed by atoms with Crippen LogP contribution in [-0.4, -0.2) is 18.1 Å². The molecule has 4 saturated carbocycles. The number of nitrogens with two attached hydrogens (primary N) is 1. The highest BCUT2D eigenvalue weighted by atomic mass is 17.4. The zero-order valence-corrected chi connectivity index (χ0v) is 14.5. The predicted molar refractivity (Wildman–Crippen MR) is 84.6 cm³/mol. The summed E-state index contributed by atoms with van der Waals surface area (Å²) in [7, 11) is 0. The Hall–Kier alpha value is -0.200. The molecule has 1 heterocycles. The molecule has 132 valence electrons. The molecule has 0 aromatic heterocycles. The van der Waals surface area contributed by atoms with E-state index in [0.717, 1.165) is 56.9 Å². The first-order valence-electron chi connectivity index (χ1n) is 9.49. The van der Waals surface area contributed by atoms with Crippen molar-refractivity contribution in [2.75, 3.05) is 6.54 Å². The van der Waals surface area contributed by atoms with E-state index in [4.69, 9.17) is 25.3 Å². The van der Waals surface area contributed by atoms with Crippen molar-refractivity contribution < 1.29 is 19.6 Å². The summed E-state index contributed by atoms with van der Waals surface area (Å²) >= 11 is 0. The third kappa shape index (κ3) is 2.74. The maximum Gasteiger partial charge on any atom is 0.239 e. The lowest BCUT2D eigenvalue weighted by molar-refractivity contribution is -0.674. The summed E-state index contributed by atoms with van der Waals surface area (Å²) in [5.74, 6) is 1.30. The van der Waals surface area contributed by atoms with E-state index in [0.29, 0.717) is 5.92 Å². The molecule has 0 aromatic carbocycles. The van der Waals surface area contributed by atoms with E-state index in [1.54, 1.807) is 0 Å². The van der Waals surface area contributed by atoms with Gasteiger partial charge in [-0.1, -0.05) is 13.8 Å². The maximum absolute atomic E-state index is 6.02. The maximum atomic E-state index is 6.02. The minimum absolute atomic E-state index is 0.279. The van der Waals surface area contributed by atoms with E-state index in [9.17, 15) is 0 Å². The second kappa shape index (κ2) is 5.95. The van der Waals surface area contributed by atoms with Crippen LogP contribution in [0.1, 0.15) is 65.2 Å². The molecule has 1 aliphatic heterocycles. The molecule has 5 fully saturated rings. The van der Waals surface area contributed by atoms with E-state index in [1.807, 2.05) is 0 Å². The fraction of sp³-hybridized carbons (Fsp3) is 1.00. The standard InChI is InChI=1S/C18H31NO4/c1-12-7-15-9-16(10-15)8-13(2)18(12)22-20-17(21-23-18)5-3-14(11-19)4-6-17/h12-16H,3-11,19H2,1-2H3. The Bertz CT molecular complexity index is 401. The van der Waals surface area contributed by atoms with E-state index in [1.165, 1.54) is 12.8 Å². The molecule has 5 nitrogen and oxygen atoms in total. The molecule has 0 radical (unpaired) electrons. The van der Waals surface area contributed by atoms with Gasteiger partial charge in [0.25, 0.3) is 0 Å². The van der Waals surface area contributed by atoms with Gasteiger partial charge in [0.2, 0.25) is 11.6 Å². The largest absolute Gasteiger partial charge is 0.330 e. The van der Waals surface area contributed by atoms with E-state index < -0.39 is 11.6 Å². The normalized spacial score (nSPS) is 53.6. The van der Waals surface area contributed by atoms with Gasteiger partial charge >= 0.3 is 0 Å². The lowest BCUT2D eigenvalue weighted by Gasteiger charge is -2.53. The molecule has 23 heavy (non-hydrogen) atoms. The summed E-state index contributed by atoms with van der Waals surface area (Å²) in [6.07, 6.45) is 8.61. The Kier molecular flexibility index (Phi) is 4.21. The number of hydrogen-bond acceptors (Lipinski definition) is 5. The van der Waals surface area contributed by atoms with Crippen LogP contribution in [0.4, 0.5) is 0 Å². The fourth-order valence-electron chi connectivity index (χ4n) is 5.23. The monoisotopic (exact) mass is 325 g/mol. The topological polar surface area (TPSA) is 62.9 Å². The Labute approximate surface area is 139 Å². The first-order chi connectivity index (χ1) is 11.1. The predicted octanol–water partition coefficient (Wildman–Crippen LogP) is 3.53. The second-order valence-corrected chi connectivity index (χ2v) is 8.62. The molecule has 5 heteroatoms.